The zero-order chi connectivity index (χ0) is 14.7. The number of benzene rings is 1. The summed E-state index contributed by atoms with van der Waals surface area (Å²) >= 11 is 0. The number of aromatic hydroxyl groups is 1. The normalized spacial score (nSPS) is 16.6. The summed E-state index contributed by atoms with van der Waals surface area (Å²) in [7, 11) is 0. The van der Waals surface area contributed by atoms with Crippen molar-refractivity contribution >= 4 is 0 Å². The predicted molar refractivity (Wildman–Crippen MR) is 74.6 cm³/mol. The molecule has 0 radical (unpaired) electrons. The molecule has 1 aliphatic heterocycles. The van der Waals surface area contributed by atoms with E-state index in [-0.39, 0.29) is 17.9 Å². The zero-order valence-electron chi connectivity index (χ0n) is 11.6. The highest BCUT2D eigenvalue weighted by atomic mass is 16.5. The molecule has 0 saturated carbocycles. The maximum absolute atomic E-state index is 9.80. The van der Waals surface area contributed by atoms with E-state index in [0.29, 0.717) is 31.9 Å². The van der Waals surface area contributed by atoms with Gasteiger partial charge in [-0.1, -0.05) is 23.4 Å². The van der Waals surface area contributed by atoms with Crippen LogP contribution in [-0.4, -0.2) is 34.1 Å². The van der Waals surface area contributed by atoms with E-state index < -0.39 is 0 Å². The van der Waals surface area contributed by atoms with Crippen LogP contribution in [0.1, 0.15) is 17.0 Å². The smallest absolute Gasteiger partial charge is 0.162 e. The second-order valence-corrected chi connectivity index (χ2v) is 5.37. The molecule has 1 aliphatic rings. The molecule has 0 bridgehead atoms. The lowest BCUT2D eigenvalue weighted by molar-refractivity contribution is -0.0756. The molecule has 1 saturated heterocycles. The Bertz CT molecular complexity index is 607. The van der Waals surface area contributed by atoms with E-state index in [9.17, 15) is 5.11 Å². The van der Waals surface area contributed by atoms with Gasteiger partial charge in [0.2, 0.25) is 0 Å². The average Bonchev–Trinajstić information content (AvgIpc) is 2.91. The minimum atomic E-state index is -0.202. The average molecular weight is 290 g/mol. The van der Waals surface area contributed by atoms with Crippen molar-refractivity contribution in [3.8, 4) is 5.75 Å². The van der Waals surface area contributed by atoms with E-state index >= 15 is 0 Å². The van der Waals surface area contributed by atoms with Crippen molar-refractivity contribution < 1.29 is 19.5 Å². The molecule has 21 heavy (non-hydrogen) atoms. The fourth-order valence-corrected chi connectivity index (χ4v) is 2.42. The predicted octanol–water partition coefficient (Wildman–Crippen LogP) is 0.974. The van der Waals surface area contributed by atoms with Crippen LogP contribution >= 0.6 is 0 Å². The van der Waals surface area contributed by atoms with Crippen LogP contribution in [0, 0.1) is 0 Å². The lowest BCUT2D eigenvalue weighted by Gasteiger charge is -2.42. The number of rotatable bonds is 6. The van der Waals surface area contributed by atoms with E-state index in [1.165, 1.54) is 0 Å². The molecule has 6 heteroatoms. The largest absolute Gasteiger partial charge is 0.508 e. The molecule has 3 rings (SSSR count). The molecular weight excluding hydrogens is 272 g/mol. The molecule has 0 atom stereocenters. The van der Waals surface area contributed by atoms with Gasteiger partial charge in [0.25, 0.3) is 0 Å². The number of phenolic OH excluding ortho intramolecular Hbond substituents is 1. The minimum absolute atomic E-state index is 0.151. The van der Waals surface area contributed by atoms with Gasteiger partial charge in [0, 0.05) is 24.6 Å². The van der Waals surface area contributed by atoms with Gasteiger partial charge >= 0.3 is 0 Å². The topological polar surface area (TPSA) is 87.8 Å². The van der Waals surface area contributed by atoms with Crippen LogP contribution in [0.5, 0.6) is 5.75 Å². The molecule has 0 spiro atoms. The summed E-state index contributed by atoms with van der Waals surface area (Å²) in [6, 6.07) is 9.00. The Morgan fingerprint density at radius 1 is 1.29 bits per heavy atom. The number of para-hydroxylation sites is 1. The number of aromatic nitrogens is 1. The van der Waals surface area contributed by atoms with Gasteiger partial charge in [-0.05, 0) is 6.07 Å². The Kier molecular flexibility index (Phi) is 3.92. The molecule has 2 aromatic rings. The molecule has 0 aliphatic carbocycles. The van der Waals surface area contributed by atoms with Crippen LogP contribution in [0.2, 0.25) is 0 Å². The molecule has 1 aromatic carbocycles. The summed E-state index contributed by atoms with van der Waals surface area (Å²) in [6.07, 6.45) is 0.657. The van der Waals surface area contributed by atoms with E-state index in [2.05, 4.69) is 10.5 Å². The van der Waals surface area contributed by atoms with Crippen LogP contribution in [0.15, 0.2) is 34.9 Å². The van der Waals surface area contributed by atoms with Crippen molar-refractivity contribution in [1.29, 1.82) is 0 Å². The molecule has 0 unspecified atom stereocenters. The first kappa shape index (κ1) is 14.1. The summed E-state index contributed by atoms with van der Waals surface area (Å²) in [5.41, 5.74) is 1.43. The third-order valence-electron chi connectivity index (χ3n) is 3.69. The summed E-state index contributed by atoms with van der Waals surface area (Å²) in [6.45, 7) is 1.58. The van der Waals surface area contributed by atoms with Gasteiger partial charge in [-0.25, -0.2) is 0 Å². The Balaban J connectivity index is 1.65. The first-order valence-corrected chi connectivity index (χ1v) is 6.86. The number of aliphatic hydroxyl groups excluding tert-OH is 1. The Hall–Kier alpha value is -1.89. The van der Waals surface area contributed by atoms with Crippen LogP contribution < -0.4 is 5.32 Å². The highest BCUT2D eigenvalue weighted by Gasteiger charge is 2.39. The summed E-state index contributed by atoms with van der Waals surface area (Å²) in [5.74, 6) is 0.741. The molecule has 0 amide bonds. The van der Waals surface area contributed by atoms with Gasteiger partial charge in [-0.15, -0.1) is 0 Å². The maximum Gasteiger partial charge on any atom is 0.162 e. The lowest BCUT2D eigenvalue weighted by Crippen LogP contribution is -2.61. The third-order valence-corrected chi connectivity index (χ3v) is 3.69. The number of hydrogen-bond acceptors (Lipinski definition) is 6. The zero-order valence-corrected chi connectivity index (χ0v) is 11.6. The Morgan fingerprint density at radius 2 is 2.10 bits per heavy atom. The lowest BCUT2D eigenvalue weighted by atomic mass is 9.91. The summed E-state index contributed by atoms with van der Waals surface area (Å²) < 4.78 is 10.3. The monoisotopic (exact) mass is 290 g/mol. The highest BCUT2D eigenvalue weighted by molar-refractivity contribution is 5.31. The number of aliphatic hydroxyl groups is 1. The number of nitrogens with zero attached hydrogens (tertiary/aromatic N) is 1. The Labute approximate surface area is 122 Å². The van der Waals surface area contributed by atoms with Gasteiger partial charge < -0.3 is 24.8 Å². The maximum atomic E-state index is 9.80. The standard InChI is InChI=1S/C15H18N2O4/c18-8-13-5-12(17-21-13)6-15(9-20-10-15)16-7-11-3-1-2-4-14(11)19/h1-5,16,18-19H,6-10H2. The molecule has 1 fully saturated rings. The second kappa shape index (κ2) is 5.85. The van der Waals surface area contributed by atoms with E-state index in [1.54, 1.807) is 18.2 Å². The van der Waals surface area contributed by atoms with Crippen LogP contribution in [0.4, 0.5) is 0 Å². The van der Waals surface area contributed by atoms with Crippen molar-refractivity contribution in [3.05, 3.63) is 47.3 Å². The van der Waals surface area contributed by atoms with Gasteiger partial charge in [-0.3, -0.25) is 0 Å². The molecule has 3 N–H and O–H groups in total. The van der Waals surface area contributed by atoms with Gasteiger partial charge in [0.15, 0.2) is 5.76 Å². The highest BCUT2D eigenvalue weighted by Crippen LogP contribution is 2.24. The van der Waals surface area contributed by atoms with E-state index in [0.717, 1.165) is 11.3 Å². The second-order valence-electron chi connectivity index (χ2n) is 5.37. The van der Waals surface area contributed by atoms with Crippen LogP contribution in [-0.2, 0) is 24.3 Å². The SMILES string of the molecule is OCc1cc(CC2(NCc3ccccc3O)COC2)no1. The first-order chi connectivity index (χ1) is 10.2. The van der Waals surface area contributed by atoms with Crippen molar-refractivity contribution in [1.82, 2.24) is 10.5 Å². The molecule has 6 nitrogen and oxygen atoms in total. The molecule has 112 valence electrons. The quantitative estimate of drug-likeness (QED) is 0.735. The van der Waals surface area contributed by atoms with Gasteiger partial charge in [-0.2, -0.15) is 0 Å². The number of phenols is 1. The fraction of sp³-hybridized carbons (Fsp3) is 0.400. The van der Waals surface area contributed by atoms with Crippen molar-refractivity contribution in [2.24, 2.45) is 0 Å². The fourth-order valence-electron chi connectivity index (χ4n) is 2.42. The Morgan fingerprint density at radius 3 is 2.71 bits per heavy atom. The third kappa shape index (κ3) is 3.07. The summed E-state index contributed by atoms with van der Waals surface area (Å²) in [4.78, 5) is 0. The van der Waals surface area contributed by atoms with Crippen molar-refractivity contribution in [2.75, 3.05) is 13.2 Å². The van der Waals surface area contributed by atoms with E-state index in [1.807, 2.05) is 12.1 Å². The van der Waals surface area contributed by atoms with Crippen LogP contribution in [0.25, 0.3) is 0 Å². The number of nitrogens with one attached hydrogen (secondary N) is 1. The number of ether oxygens (including phenoxy) is 1. The molecule has 2 heterocycles. The first-order valence-electron chi connectivity index (χ1n) is 6.86. The summed E-state index contributed by atoms with van der Waals surface area (Å²) in [5, 5.41) is 26.2. The number of hydrogen-bond donors (Lipinski definition) is 3. The van der Waals surface area contributed by atoms with Gasteiger partial charge in [0.1, 0.15) is 12.4 Å². The van der Waals surface area contributed by atoms with Crippen molar-refractivity contribution in [3.63, 3.8) is 0 Å². The van der Waals surface area contributed by atoms with Crippen molar-refractivity contribution in [2.45, 2.75) is 25.1 Å². The molecular formula is C15H18N2O4. The molecule has 1 aromatic heterocycles. The van der Waals surface area contributed by atoms with Crippen LogP contribution in [0.3, 0.4) is 0 Å². The van der Waals surface area contributed by atoms with Gasteiger partial charge in [0.05, 0.1) is 24.4 Å². The minimum Gasteiger partial charge on any atom is -0.508 e. The van der Waals surface area contributed by atoms with E-state index in [4.69, 9.17) is 14.4 Å².